The van der Waals surface area contributed by atoms with Crippen molar-refractivity contribution in [1.29, 1.82) is 0 Å². The topological polar surface area (TPSA) is 24.1 Å². The number of nitrogens with one attached hydrogen (secondary N) is 2. The molecule has 17 heavy (non-hydrogen) atoms. The molecule has 0 unspecified atom stereocenters. The summed E-state index contributed by atoms with van der Waals surface area (Å²) in [6.45, 7) is 10.7. The van der Waals surface area contributed by atoms with E-state index in [2.05, 4.69) is 65.5 Å². The van der Waals surface area contributed by atoms with Gasteiger partial charge in [0.1, 0.15) is 0 Å². The van der Waals surface area contributed by atoms with Gasteiger partial charge in [0.2, 0.25) is 0 Å². The highest BCUT2D eigenvalue weighted by molar-refractivity contribution is 9.10. The van der Waals surface area contributed by atoms with Crippen molar-refractivity contribution >= 4 is 15.9 Å². The van der Waals surface area contributed by atoms with Gasteiger partial charge in [-0.05, 0) is 42.6 Å². The highest BCUT2D eigenvalue weighted by Crippen LogP contribution is 2.15. The fourth-order valence-electron chi connectivity index (χ4n) is 1.65. The lowest BCUT2D eigenvalue weighted by Crippen LogP contribution is -2.29. The molecule has 0 spiro atoms. The van der Waals surface area contributed by atoms with E-state index in [0.717, 1.165) is 36.6 Å². The summed E-state index contributed by atoms with van der Waals surface area (Å²) >= 11 is 3.48. The van der Waals surface area contributed by atoms with Gasteiger partial charge in [0.25, 0.3) is 0 Å². The van der Waals surface area contributed by atoms with Crippen molar-refractivity contribution < 1.29 is 0 Å². The van der Waals surface area contributed by atoms with Crippen LogP contribution in [0.2, 0.25) is 0 Å². The van der Waals surface area contributed by atoms with Gasteiger partial charge < -0.3 is 10.6 Å². The minimum absolute atomic E-state index is 0.726. The van der Waals surface area contributed by atoms with E-state index in [4.69, 9.17) is 0 Å². The maximum atomic E-state index is 3.48. The van der Waals surface area contributed by atoms with Gasteiger partial charge >= 0.3 is 0 Å². The fourth-order valence-corrected chi connectivity index (χ4v) is 2.12. The summed E-state index contributed by atoms with van der Waals surface area (Å²) in [6, 6.07) is 6.43. The van der Waals surface area contributed by atoms with Crippen LogP contribution in [0.1, 0.15) is 25.0 Å². The Morgan fingerprint density at radius 2 is 1.88 bits per heavy atom. The largest absolute Gasteiger partial charge is 0.315 e. The second-order valence-corrected chi connectivity index (χ2v) is 5.76. The summed E-state index contributed by atoms with van der Waals surface area (Å²) in [6.07, 6.45) is 0. The van der Waals surface area contributed by atoms with Crippen molar-refractivity contribution in [3.8, 4) is 0 Å². The molecule has 1 aromatic rings. The van der Waals surface area contributed by atoms with Crippen LogP contribution in [0.3, 0.4) is 0 Å². The van der Waals surface area contributed by atoms with Crippen molar-refractivity contribution in [2.24, 2.45) is 5.92 Å². The zero-order valence-electron chi connectivity index (χ0n) is 11.0. The van der Waals surface area contributed by atoms with Crippen LogP contribution >= 0.6 is 15.9 Å². The summed E-state index contributed by atoms with van der Waals surface area (Å²) in [5.41, 5.74) is 2.71. The third-order valence-corrected chi connectivity index (χ3v) is 3.14. The van der Waals surface area contributed by atoms with Crippen LogP contribution in [0.15, 0.2) is 22.7 Å². The van der Waals surface area contributed by atoms with E-state index >= 15 is 0 Å². The zero-order chi connectivity index (χ0) is 12.7. The van der Waals surface area contributed by atoms with Crippen LogP contribution in [0, 0.1) is 12.8 Å². The second-order valence-electron chi connectivity index (χ2n) is 4.85. The van der Waals surface area contributed by atoms with Gasteiger partial charge in [0.05, 0.1) is 0 Å². The van der Waals surface area contributed by atoms with E-state index in [0.29, 0.717) is 0 Å². The van der Waals surface area contributed by atoms with Gasteiger partial charge in [0, 0.05) is 24.1 Å². The molecule has 1 aromatic carbocycles. The standard InChI is InChI=1S/C14H23BrN2/c1-11(2)9-16-6-7-17-10-13-4-5-14(15)8-12(13)3/h4-5,8,11,16-17H,6-7,9-10H2,1-3H3. The smallest absolute Gasteiger partial charge is 0.0208 e. The van der Waals surface area contributed by atoms with Crippen molar-refractivity contribution in [3.63, 3.8) is 0 Å². The Morgan fingerprint density at radius 1 is 1.18 bits per heavy atom. The van der Waals surface area contributed by atoms with E-state index in [1.807, 2.05) is 0 Å². The maximum absolute atomic E-state index is 3.48. The number of benzene rings is 1. The van der Waals surface area contributed by atoms with Crippen molar-refractivity contribution in [1.82, 2.24) is 10.6 Å². The summed E-state index contributed by atoms with van der Waals surface area (Å²) in [5, 5.41) is 6.88. The average molecular weight is 299 g/mol. The monoisotopic (exact) mass is 298 g/mol. The van der Waals surface area contributed by atoms with E-state index < -0.39 is 0 Å². The minimum Gasteiger partial charge on any atom is -0.315 e. The molecule has 96 valence electrons. The highest BCUT2D eigenvalue weighted by atomic mass is 79.9. The van der Waals surface area contributed by atoms with Gasteiger partial charge in [-0.2, -0.15) is 0 Å². The van der Waals surface area contributed by atoms with Gasteiger partial charge in [-0.15, -0.1) is 0 Å². The predicted octanol–water partition coefficient (Wildman–Crippen LogP) is 3.09. The van der Waals surface area contributed by atoms with Crippen LogP contribution in [-0.4, -0.2) is 19.6 Å². The van der Waals surface area contributed by atoms with Crippen LogP contribution in [-0.2, 0) is 6.54 Å². The number of rotatable bonds is 7. The Labute approximate surface area is 113 Å². The normalized spacial score (nSPS) is 11.1. The first-order valence-corrected chi connectivity index (χ1v) is 7.05. The fraction of sp³-hybridized carbons (Fsp3) is 0.571. The molecular weight excluding hydrogens is 276 g/mol. The molecular formula is C14H23BrN2. The lowest BCUT2D eigenvalue weighted by molar-refractivity contribution is 0.535. The van der Waals surface area contributed by atoms with E-state index in [1.54, 1.807) is 0 Å². The van der Waals surface area contributed by atoms with Gasteiger partial charge in [0.15, 0.2) is 0 Å². The van der Waals surface area contributed by atoms with Crippen LogP contribution in [0.4, 0.5) is 0 Å². The Hall–Kier alpha value is -0.380. The minimum atomic E-state index is 0.726. The molecule has 2 N–H and O–H groups in total. The van der Waals surface area contributed by atoms with Crippen LogP contribution < -0.4 is 10.6 Å². The van der Waals surface area contributed by atoms with Crippen molar-refractivity contribution in [2.45, 2.75) is 27.3 Å². The van der Waals surface area contributed by atoms with Crippen molar-refractivity contribution in [3.05, 3.63) is 33.8 Å². The first kappa shape index (κ1) is 14.7. The summed E-state index contributed by atoms with van der Waals surface area (Å²) in [7, 11) is 0. The number of hydrogen-bond donors (Lipinski definition) is 2. The molecule has 0 fully saturated rings. The Morgan fingerprint density at radius 3 is 2.53 bits per heavy atom. The van der Waals surface area contributed by atoms with Crippen LogP contribution in [0.25, 0.3) is 0 Å². The quantitative estimate of drug-likeness (QED) is 0.756. The lowest BCUT2D eigenvalue weighted by atomic mass is 10.1. The average Bonchev–Trinajstić information content (AvgIpc) is 2.25. The molecule has 0 bridgehead atoms. The van der Waals surface area contributed by atoms with Gasteiger partial charge in [-0.25, -0.2) is 0 Å². The molecule has 0 amide bonds. The molecule has 1 rings (SSSR count). The number of halogens is 1. The Kier molecular flexibility index (Phi) is 6.78. The first-order chi connectivity index (χ1) is 8.09. The van der Waals surface area contributed by atoms with E-state index in [1.165, 1.54) is 11.1 Å². The zero-order valence-corrected chi connectivity index (χ0v) is 12.6. The molecule has 0 saturated heterocycles. The molecule has 0 aromatic heterocycles. The SMILES string of the molecule is Cc1cc(Br)ccc1CNCCNCC(C)C. The molecule has 0 heterocycles. The molecule has 3 heteroatoms. The Bertz CT molecular complexity index is 337. The third-order valence-electron chi connectivity index (χ3n) is 2.65. The highest BCUT2D eigenvalue weighted by Gasteiger charge is 1.98. The molecule has 0 aliphatic rings. The van der Waals surface area contributed by atoms with E-state index in [9.17, 15) is 0 Å². The third kappa shape index (κ3) is 6.20. The molecule has 0 aliphatic heterocycles. The number of hydrogen-bond acceptors (Lipinski definition) is 2. The predicted molar refractivity (Wildman–Crippen MR) is 78.3 cm³/mol. The molecule has 0 saturated carbocycles. The molecule has 0 radical (unpaired) electrons. The number of aryl methyl sites for hydroxylation is 1. The lowest BCUT2D eigenvalue weighted by Gasteiger charge is -2.10. The molecule has 0 atom stereocenters. The molecule has 2 nitrogen and oxygen atoms in total. The summed E-state index contributed by atoms with van der Waals surface area (Å²) in [5.74, 6) is 0.726. The van der Waals surface area contributed by atoms with E-state index in [-0.39, 0.29) is 0 Å². The second kappa shape index (κ2) is 7.85. The maximum Gasteiger partial charge on any atom is 0.0208 e. The summed E-state index contributed by atoms with van der Waals surface area (Å²) < 4.78 is 1.15. The van der Waals surface area contributed by atoms with Crippen molar-refractivity contribution in [2.75, 3.05) is 19.6 Å². The van der Waals surface area contributed by atoms with Gasteiger partial charge in [-0.3, -0.25) is 0 Å². The Balaban J connectivity index is 2.18. The first-order valence-electron chi connectivity index (χ1n) is 6.26. The van der Waals surface area contributed by atoms with Crippen LogP contribution in [0.5, 0.6) is 0 Å². The summed E-state index contributed by atoms with van der Waals surface area (Å²) in [4.78, 5) is 0. The van der Waals surface area contributed by atoms with Gasteiger partial charge in [-0.1, -0.05) is 35.8 Å². The molecule has 0 aliphatic carbocycles.